The average Bonchev–Trinajstić information content (AvgIpc) is 2.90. The summed E-state index contributed by atoms with van der Waals surface area (Å²) in [5.74, 6) is 0. The van der Waals surface area contributed by atoms with Gasteiger partial charge in [0.15, 0.2) is 5.50 Å². The highest BCUT2D eigenvalue weighted by molar-refractivity contribution is 7.60. The van der Waals surface area contributed by atoms with Crippen LogP contribution in [0.25, 0.3) is 0 Å². The molecule has 1 aliphatic rings. The SMILES string of the molecule is C/C=C/CO/C(=C\C)P1(=O)OCCCN1C(c1ccccc1)(c1ccccc1)c1ccccc1. The zero-order valence-electron chi connectivity index (χ0n) is 19.8. The van der Waals surface area contributed by atoms with Gasteiger partial charge in [-0.05, 0) is 43.0 Å². The maximum atomic E-state index is 14.9. The molecular formula is C29H32NO3P. The van der Waals surface area contributed by atoms with Crippen LogP contribution in [-0.4, -0.2) is 24.4 Å². The van der Waals surface area contributed by atoms with E-state index in [2.05, 4.69) is 41.1 Å². The van der Waals surface area contributed by atoms with Crippen LogP contribution < -0.4 is 0 Å². The second-order valence-electron chi connectivity index (χ2n) is 8.15. The van der Waals surface area contributed by atoms with Gasteiger partial charge in [-0.15, -0.1) is 0 Å². The second kappa shape index (κ2) is 11.0. The largest absolute Gasteiger partial charge is 0.483 e. The van der Waals surface area contributed by atoms with Gasteiger partial charge in [0.05, 0.1) is 6.61 Å². The second-order valence-corrected chi connectivity index (χ2v) is 10.4. The molecule has 3 aromatic rings. The van der Waals surface area contributed by atoms with E-state index in [9.17, 15) is 4.57 Å². The minimum atomic E-state index is -3.55. The van der Waals surface area contributed by atoms with Crippen LogP contribution in [0, 0.1) is 0 Å². The van der Waals surface area contributed by atoms with E-state index in [0.717, 1.165) is 23.1 Å². The van der Waals surface area contributed by atoms with Crippen LogP contribution in [0.5, 0.6) is 0 Å². The Bertz CT molecular complexity index is 1060. The number of hydrogen-bond donors (Lipinski definition) is 0. The first kappa shape index (κ1) is 24.2. The molecule has 3 aromatic carbocycles. The van der Waals surface area contributed by atoms with Gasteiger partial charge in [0.25, 0.3) is 0 Å². The van der Waals surface area contributed by atoms with Crippen molar-refractivity contribution < 1.29 is 13.8 Å². The topological polar surface area (TPSA) is 38.8 Å². The summed E-state index contributed by atoms with van der Waals surface area (Å²) >= 11 is 0. The molecule has 1 saturated heterocycles. The fraction of sp³-hybridized carbons (Fsp3) is 0.241. The summed E-state index contributed by atoms with van der Waals surface area (Å²) in [7, 11) is -3.55. The Morgan fingerprint density at radius 1 is 0.912 bits per heavy atom. The van der Waals surface area contributed by atoms with E-state index in [1.54, 1.807) is 6.08 Å². The fourth-order valence-corrected chi connectivity index (χ4v) is 7.29. The Hall–Kier alpha value is -2.91. The number of ether oxygens (including phenoxy) is 1. The number of allylic oxidation sites excluding steroid dienone is 2. The van der Waals surface area contributed by atoms with Crippen molar-refractivity contribution in [1.29, 1.82) is 0 Å². The predicted octanol–water partition coefficient (Wildman–Crippen LogP) is 7.35. The van der Waals surface area contributed by atoms with Gasteiger partial charge in [0.2, 0.25) is 0 Å². The molecule has 0 bridgehead atoms. The average molecular weight is 474 g/mol. The monoisotopic (exact) mass is 473 g/mol. The van der Waals surface area contributed by atoms with Crippen molar-refractivity contribution in [2.45, 2.75) is 25.8 Å². The minimum absolute atomic E-state index is 0.340. The molecule has 0 amide bonds. The molecular weight excluding hydrogens is 441 g/mol. The van der Waals surface area contributed by atoms with Crippen LogP contribution >= 0.6 is 7.52 Å². The van der Waals surface area contributed by atoms with Crippen molar-refractivity contribution in [3.8, 4) is 0 Å². The molecule has 4 rings (SSSR count). The van der Waals surface area contributed by atoms with E-state index in [4.69, 9.17) is 9.26 Å². The van der Waals surface area contributed by atoms with Gasteiger partial charge in [-0.25, -0.2) is 4.67 Å². The summed E-state index contributed by atoms with van der Waals surface area (Å²) < 4.78 is 29.2. The highest BCUT2D eigenvalue weighted by Crippen LogP contribution is 2.66. The normalized spacial score (nSPS) is 19.9. The molecule has 0 aliphatic carbocycles. The first-order valence-electron chi connectivity index (χ1n) is 11.8. The lowest BCUT2D eigenvalue weighted by molar-refractivity contribution is 0.143. The number of benzene rings is 3. The van der Waals surface area contributed by atoms with E-state index < -0.39 is 13.1 Å². The summed E-state index contributed by atoms with van der Waals surface area (Å²) in [4.78, 5) is 0. The third-order valence-corrected chi connectivity index (χ3v) is 8.76. The van der Waals surface area contributed by atoms with Crippen molar-refractivity contribution >= 4 is 7.52 Å². The Morgan fingerprint density at radius 3 is 1.85 bits per heavy atom. The van der Waals surface area contributed by atoms with Gasteiger partial charge in [-0.2, -0.15) is 0 Å². The maximum Gasteiger partial charge on any atom is 0.337 e. The van der Waals surface area contributed by atoms with Crippen LogP contribution in [0.4, 0.5) is 0 Å². The smallest absolute Gasteiger partial charge is 0.337 e. The first-order chi connectivity index (χ1) is 16.7. The highest BCUT2D eigenvalue weighted by Gasteiger charge is 2.54. The molecule has 176 valence electrons. The zero-order chi connectivity index (χ0) is 23.9. The van der Waals surface area contributed by atoms with Gasteiger partial charge in [0.1, 0.15) is 12.1 Å². The van der Waals surface area contributed by atoms with E-state index in [1.165, 1.54) is 0 Å². The van der Waals surface area contributed by atoms with Crippen molar-refractivity contribution in [3.63, 3.8) is 0 Å². The van der Waals surface area contributed by atoms with Crippen LogP contribution in [0.15, 0.2) is 115 Å². The Balaban J connectivity index is 2.02. The van der Waals surface area contributed by atoms with Crippen molar-refractivity contribution in [2.75, 3.05) is 19.8 Å². The van der Waals surface area contributed by atoms with Crippen molar-refractivity contribution in [2.24, 2.45) is 0 Å². The van der Waals surface area contributed by atoms with Crippen LogP contribution in [0.2, 0.25) is 0 Å². The molecule has 1 aliphatic heterocycles. The standard InChI is InChI=1S/C29H32NO3P/c1-3-5-23-32-28(4-2)34(31)30(22-15-24-33-34)29(25-16-9-6-10-17-25,26-18-11-7-12-19-26)27-20-13-8-14-21-27/h3-14,16-21H,15,22-24H2,1-2H3/b5-3+,28-4+. The third-order valence-electron chi connectivity index (χ3n) is 6.15. The summed E-state index contributed by atoms with van der Waals surface area (Å²) in [5.41, 5.74) is 2.64. The number of hydrogen-bond acceptors (Lipinski definition) is 3. The maximum absolute atomic E-state index is 14.9. The summed E-state index contributed by atoms with van der Waals surface area (Å²) in [5, 5.41) is 0. The van der Waals surface area contributed by atoms with Gasteiger partial charge >= 0.3 is 7.52 Å². The molecule has 34 heavy (non-hydrogen) atoms. The summed E-state index contributed by atoms with van der Waals surface area (Å²) in [6.07, 6.45) is 6.38. The Labute approximate surface area is 203 Å². The van der Waals surface area contributed by atoms with E-state index in [-0.39, 0.29) is 0 Å². The molecule has 1 atom stereocenters. The quantitative estimate of drug-likeness (QED) is 0.148. The van der Waals surface area contributed by atoms with Crippen molar-refractivity contribution in [1.82, 2.24) is 4.67 Å². The molecule has 0 aromatic heterocycles. The van der Waals surface area contributed by atoms with Crippen LogP contribution in [-0.2, 0) is 19.4 Å². The lowest BCUT2D eigenvalue weighted by atomic mass is 9.77. The molecule has 0 saturated carbocycles. The van der Waals surface area contributed by atoms with Crippen LogP contribution in [0.3, 0.4) is 0 Å². The molecule has 0 N–H and O–H groups in total. The van der Waals surface area contributed by atoms with Gasteiger partial charge < -0.3 is 9.26 Å². The molecule has 0 radical (unpaired) electrons. The lowest BCUT2D eigenvalue weighted by Gasteiger charge is -2.49. The molecule has 0 spiro atoms. The third kappa shape index (κ3) is 4.42. The van der Waals surface area contributed by atoms with Gasteiger partial charge in [0, 0.05) is 6.54 Å². The number of rotatable bonds is 8. The summed E-state index contributed by atoms with van der Waals surface area (Å²) in [6.45, 7) is 5.16. The van der Waals surface area contributed by atoms with Crippen molar-refractivity contribution in [3.05, 3.63) is 131 Å². The molecule has 1 fully saturated rings. The molecule has 1 unspecified atom stereocenters. The van der Waals surface area contributed by atoms with E-state index in [0.29, 0.717) is 25.3 Å². The Kier molecular flexibility index (Phi) is 7.84. The molecule has 4 nitrogen and oxygen atoms in total. The fourth-order valence-electron chi connectivity index (χ4n) is 4.69. The van der Waals surface area contributed by atoms with E-state index in [1.807, 2.05) is 80.6 Å². The number of nitrogens with zero attached hydrogens (tertiary/aromatic N) is 1. The van der Waals surface area contributed by atoms with Gasteiger partial charge in [-0.3, -0.25) is 4.57 Å². The van der Waals surface area contributed by atoms with Crippen LogP contribution in [0.1, 0.15) is 37.0 Å². The molecule has 5 heteroatoms. The predicted molar refractivity (Wildman–Crippen MR) is 139 cm³/mol. The Morgan fingerprint density at radius 2 is 1.41 bits per heavy atom. The highest BCUT2D eigenvalue weighted by atomic mass is 31.2. The molecule has 1 heterocycles. The van der Waals surface area contributed by atoms with E-state index >= 15 is 0 Å². The lowest BCUT2D eigenvalue weighted by Crippen LogP contribution is -2.49. The zero-order valence-corrected chi connectivity index (χ0v) is 20.7. The van der Waals surface area contributed by atoms with Gasteiger partial charge in [-0.1, -0.05) is 103 Å². The minimum Gasteiger partial charge on any atom is -0.483 e. The summed E-state index contributed by atoms with van der Waals surface area (Å²) in [6, 6.07) is 30.9. The first-order valence-corrected chi connectivity index (χ1v) is 13.4.